The van der Waals surface area contributed by atoms with E-state index in [1.165, 1.54) is 0 Å². The van der Waals surface area contributed by atoms with E-state index in [0.717, 1.165) is 11.3 Å². The van der Waals surface area contributed by atoms with Gasteiger partial charge in [0.2, 0.25) is 17.7 Å². The standard InChI is InChI=1S/C14H13N5O3/c15-18-17-13(21)9-7-19(10-4-2-1-3-8(9)10)11-5-6-12(20)16-14(11)22/h1-4,9,11H,5-7H2,(H,16,20,22). The van der Waals surface area contributed by atoms with Crippen molar-refractivity contribution in [2.75, 3.05) is 11.4 Å². The molecule has 0 spiro atoms. The normalized spacial score (nSPS) is 23.5. The van der Waals surface area contributed by atoms with Gasteiger partial charge in [0.25, 0.3) is 0 Å². The monoisotopic (exact) mass is 299 g/mol. The smallest absolute Gasteiger partial charge is 0.249 e. The minimum atomic E-state index is -0.586. The molecule has 0 aliphatic carbocycles. The number of benzene rings is 1. The van der Waals surface area contributed by atoms with Gasteiger partial charge in [0.1, 0.15) is 6.04 Å². The van der Waals surface area contributed by atoms with Crippen molar-refractivity contribution in [3.63, 3.8) is 0 Å². The van der Waals surface area contributed by atoms with Gasteiger partial charge < -0.3 is 4.90 Å². The van der Waals surface area contributed by atoms with E-state index >= 15 is 0 Å². The molecule has 1 N–H and O–H groups in total. The number of carbonyl (C=O) groups excluding carboxylic acids is 3. The van der Waals surface area contributed by atoms with Crippen molar-refractivity contribution in [1.82, 2.24) is 5.32 Å². The molecule has 2 atom stereocenters. The molecule has 2 heterocycles. The Labute approximate surface area is 125 Å². The third-order valence-electron chi connectivity index (χ3n) is 4.03. The van der Waals surface area contributed by atoms with Crippen molar-refractivity contribution in [1.29, 1.82) is 0 Å². The summed E-state index contributed by atoms with van der Waals surface area (Å²) in [6.07, 6.45) is 0.672. The van der Waals surface area contributed by atoms with E-state index in [1.807, 2.05) is 17.0 Å². The molecule has 0 bridgehead atoms. The third kappa shape index (κ3) is 2.29. The summed E-state index contributed by atoms with van der Waals surface area (Å²) in [7, 11) is 0. The molecule has 2 unspecified atom stereocenters. The maximum absolute atomic E-state index is 12.1. The predicted octanol–water partition coefficient (Wildman–Crippen LogP) is 1.23. The number of anilines is 1. The highest BCUT2D eigenvalue weighted by molar-refractivity contribution is 6.02. The first kappa shape index (κ1) is 14.1. The van der Waals surface area contributed by atoms with E-state index in [-0.39, 0.29) is 24.8 Å². The summed E-state index contributed by atoms with van der Waals surface area (Å²) < 4.78 is 0. The van der Waals surface area contributed by atoms with E-state index in [2.05, 4.69) is 15.3 Å². The number of amides is 3. The second-order valence-corrected chi connectivity index (χ2v) is 5.26. The molecule has 1 aromatic carbocycles. The van der Waals surface area contributed by atoms with E-state index in [0.29, 0.717) is 6.42 Å². The lowest BCUT2D eigenvalue weighted by Gasteiger charge is -2.31. The molecule has 2 aliphatic heterocycles. The summed E-state index contributed by atoms with van der Waals surface area (Å²) in [4.78, 5) is 39.7. The van der Waals surface area contributed by atoms with Crippen LogP contribution in [0.15, 0.2) is 29.4 Å². The molecular weight excluding hydrogens is 286 g/mol. The number of fused-ring (bicyclic) bond motifs is 1. The fourth-order valence-corrected chi connectivity index (χ4v) is 3.04. The van der Waals surface area contributed by atoms with Gasteiger partial charge in [0.05, 0.1) is 5.92 Å². The van der Waals surface area contributed by atoms with Crippen LogP contribution in [0.2, 0.25) is 0 Å². The van der Waals surface area contributed by atoms with Crippen molar-refractivity contribution < 1.29 is 14.4 Å². The Morgan fingerprint density at radius 1 is 1.36 bits per heavy atom. The molecule has 1 fully saturated rings. The van der Waals surface area contributed by atoms with Crippen LogP contribution < -0.4 is 10.2 Å². The lowest BCUT2D eigenvalue weighted by atomic mass is 10.0. The SMILES string of the molecule is [N-]=[N+]=NC(=O)C1CN(C2CCC(=O)NC2=O)c2ccccc21. The van der Waals surface area contributed by atoms with Gasteiger partial charge in [-0.15, -0.1) is 0 Å². The maximum atomic E-state index is 12.1. The summed E-state index contributed by atoms with van der Waals surface area (Å²) in [5.74, 6) is -1.79. The molecule has 22 heavy (non-hydrogen) atoms. The Balaban J connectivity index is 1.94. The fourth-order valence-electron chi connectivity index (χ4n) is 3.04. The number of nitrogens with zero attached hydrogens (tertiary/aromatic N) is 4. The van der Waals surface area contributed by atoms with Crippen LogP contribution in [-0.4, -0.2) is 30.3 Å². The van der Waals surface area contributed by atoms with Crippen molar-refractivity contribution >= 4 is 23.4 Å². The molecule has 1 aromatic rings. The first-order valence-corrected chi connectivity index (χ1v) is 6.90. The summed E-state index contributed by atoms with van der Waals surface area (Å²) in [6.45, 7) is 0.267. The van der Waals surface area contributed by atoms with Crippen LogP contribution in [0.4, 0.5) is 5.69 Å². The maximum Gasteiger partial charge on any atom is 0.249 e. The summed E-state index contributed by atoms with van der Waals surface area (Å²) in [6, 6.07) is 6.73. The van der Waals surface area contributed by atoms with Crippen LogP contribution in [0.3, 0.4) is 0 Å². The number of piperidine rings is 1. The molecule has 0 aromatic heterocycles. The second-order valence-electron chi connectivity index (χ2n) is 5.26. The number of hydrogen-bond donors (Lipinski definition) is 1. The summed E-state index contributed by atoms with van der Waals surface area (Å²) in [5.41, 5.74) is 9.96. The van der Waals surface area contributed by atoms with E-state index in [1.54, 1.807) is 12.1 Å². The molecule has 3 amide bonds. The van der Waals surface area contributed by atoms with Crippen LogP contribution in [0.1, 0.15) is 24.3 Å². The quantitative estimate of drug-likeness (QED) is 0.382. The second kappa shape index (κ2) is 5.50. The van der Waals surface area contributed by atoms with Crippen molar-refractivity contribution in [2.24, 2.45) is 5.11 Å². The molecule has 0 saturated carbocycles. The van der Waals surface area contributed by atoms with Crippen molar-refractivity contribution in [3.05, 3.63) is 40.3 Å². The molecule has 1 saturated heterocycles. The van der Waals surface area contributed by atoms with Crippen molar-refractivity contribution in [2.45, 2.75) is 24.8 Å². The Kier molecular flexibility index (Phi) is 3.52. The first-order chi connectivity index (χ1) is 10.6. The highest BCUT2D eigenvalue weighted by Gasteiger charge is 2.40. The molecule has 8 heteroatoms. The predicted molar refractivity (Wildman–Crippen MR) is 76.9 cm³/mol. The first-order valence-electron chi connectivity index (χ1n) is 6.90. The van der Waals surface area contributed by atoms with Crippen LogP contribution in [0.25, 0.3) is 10.4 Å². The fraction of sp³-hybridized carbons (Fsp3) is 0.357. The van der Waals surface area contributed by atoms with Crippen LogP contribution in [0.5, 0.6) is 0 Å². The molecule has 2 aliphatic rings. The van der Waals surface area contributed by atoms with Crippen molar-refractivity contribution in [3.8, 4) is 0 Å². The highest BCUT2D eigenvalue weighted by Crippen LogP contribution is 2.39. The Hall–Kier alpha value is -2.86. The molecular formula is C14H13N5O3. The van der Waals surface area contributed by atoms with Gasteiger partial charge in [-0.2, -0.15) is 0 Å². The summed E-state index contributed by atoms with van der Waals surface area (Å²) in [5, 5.41) is 5.50. The van der Waals surface area contributed by atoms with Crippen LogP contribution in [-0.2, 0) is 14.4 Å². The summed E-state index contributed by atoms with van der Waals surface area (Å²) >= 11 is 0. The highest BCUT2D eigenvalue weighted by atomic mass is 16.2. The van der Waals surface area contributed by atoms with Gasteiger partial charge >= 0.3 is 0 Å². The minimum absolute atomic E-state index is 0.267. The largest absolute Gasteiger partial charge is 0.358 e. The number of imide groups is 1. The minimum Gasteiger partial charge on any atom is -0.358 e. The number of nitrogens with one attached hydrogen (secondary N) is 1. The molecule has 112 valence electrons. The van der Waals surface area contributed by atoms with Gasteiger partial charge in [0, 0.05) is 23.6 Å². The molecule has 0 radical (unpaired) electrons. The Morgan fingerprint density at radius 3 is 2.86 bits per heavy atom. The zero-order valence-corrected chi connectivity index (χ0v) is 11.6. The number of rotatable bonds is 2. The van der Waals surface area contributed by atoms with E-state index in [9.17, 15) is 14.4 Å². The number of azide groups is 1. The lowest BCUT2D eigenvalue weighted by Crippen LogP contribution is -2.52. The van der Waals surface area contributed by atoms with Gasteiger partial charge in [-0.3, -0.25) is 19.7 Å². The van der Waals surface area contributed by atoms with Gasteiger partial charge in [-0.05, 0) is 28.7 Å². The number of carbonyl (C=O) groups is 3. The lowest BCUT2D eigenvalue weighted by molar-refractivity contribution is -0.134. The molecule has 3 rings (SSSR count). The Bertz CT molecular complexity index is 710. The third-order valence-corrected chi connectivity index (χ3v) is 4.03. The van der Waals surface area contributed by atoms with E-state index in [4.69, 9.17) is 5.53 Å². The Morgan fingerprint density at radius 2 is 2.14 bits per heavy atom. The average molecular weight is 299 g/mol. The average Bonchev–Trinajstić information content (AvgIpc) is 2.87. The topological polar surface area (TPSA) is 115 Å². The zero-order chi connectivity index (χ0) is 15.7. The van der Waals surface area contributed by atoms with Crippen LogP contribution in [0, 0.1) is 0 Å². The van der Waals surface area contributed by atoms with Crippen LogP contribution >= 0.6 is 0 Å². The zero-order valence-electron chi connectivity index (χ0n) is 11.6. The van der Waals surface area contributed by atoms with Gasteiger partial charge in [-0.25, -0.2) is 0 Å². The number of hydrogen-bond acceptors (Lipinski definition) is 4. The molecule has 8 nitrogen and oxygen atoms in total. The number of para-hydroxylation sites is 1. The van der Waals surface area contributed by atoms with Gasteiger partial charge in [-0.1, -0.05) is 18.2 Å². The van der Waals surface area contributed by atoms with Gasteiger partial charge in [0.15, 0.2) is 0 Å². The van der Waals surface area contributed by atoms with E-state index < -0.39 is 17.9 Å².